The van der Waals surface area contributed by atoms with Crippen molar-refractivity contribution in [2.24, 2.45) is 5.92 Å². The van der Waals surface area contributed by atoms with Crippen molar-refractivity contribution in [2.45, 2.75) is 38.6 Å². The van der Waals surface area contributed by atoms with E-state index in [1.165, 1.54) is 31.2 Å². The summed E-state index contributed by atoms with van der Waals surface area (Å²) in [7, 11) is 2.24. The van der Waals surface area contributed by atoms with Crippen molar-refractivity contribution in [3.8, 4) is 0 Å². The average molecular weight is 374 g/mol. The Morgan fingerprint density at radius 3 is 2.95 bits per heavy atom. The first kappa shape index (κ1) is 17.3. The number of hydrogen-bond acceptors (Lipinski definition) is 2. The van der Waals surface area contributed by atoms with E-state index in [1.54, 1.807) is 0 Å². The fourth-order valence-electron chi connectivity index (χ4n) is 3.34. The van der Waals surface area contributed by atoms with Gasteiger partial charge >= 0.3 is 0 Å². The minimum Gasteiger partial charge on any atom is -0.316 e. The molecule has 0 aliphatic carbocycles. The van der Waals surface area contributed by atoms with Crippen LogP contribution >= 0.6 is 27.5 Å². The van der Waals surface area contributed by atoms with Crippen LogP contribution in [0.15, 0.2) is 22.7 Å². The van der Waals surface area contributed by atoms with Crippen molar-refractivity contribution in [1.82, 2.24) is 10.2 Å². The first-order chi connectivity index (χ1) is 10.1. The van der Waals surface area contributed by atoms with Crippen molar-refractivity contribution in [1.29, 1.82) is 0 Å². The Balaban J connectivity index is 2.25. The third-order valence-corrected chi connectivity index (χ3v) is 5.20. The Morgan fingerprint density at radius 2 is 2.19 bits per heavy atom. The normalized spacial score (nSPS) is 24.0. The summed E-state index contributed by atoms with van der Waals surface area (Å²) in [6.45, 7) is 5.54. The highest BCUT2D eigenvalue weighted by molar-refractivity contribution is 9.10. The van der Waals surface area contributed by atoms with Crippen LogP contribution in [0.5, 0.6) is 0 Å². The van der Waals surface area contributed by atoms with Crippen LogP contribution in [0.2, 0.25) is 5.02 Å². The Morgan fingerprint density at radius 1 is 1.38 bits per heavy atom. The predicted molar refractivity (Wildman–Crippen MR) is 95.0 cm³/mol. The van der Waals surface area contributed by atoms with E-state index in [0.717, 1.165) is 29.1 Å². The topological polar surface area (TPSA) is 15.3 Å². The average Bonchev–Trinajstić information content (AvgIpc) is 2.64. The summed E-state index contributed by atoms with van der Waals surface area (Å²) in [4.78, 5) is 2.49. The maximum absolute atomic E-state index is 6.51. The first-order valence-electron chi connectivity index (χ1n) is 7.99. The summed E-state index contributed by atoms with van der Waals surface area (Å²) >= 11 is 10.1. The van der Waals surface area contributed by atoms with Gasteiger partial charge in [0.2, 0.25) is 0 Å². The number of nitrogens with zero attached hydrogens (tertiary/aromatic N) is 1. The van der Waals surface area contributed by atoms with Crippen LogP contribution in [-0.4, -0.2) is 31.6 Å². The van der Waals surface area contributed by atoms with Gasteiger partial charge in [0.25, 0.3) is 0 Å². The molecular weight excluding hydrogens is 348 g/mol. The molecule has 1 aromatic rings. The molecule has 21 heavy (non-hydrogen) atoms. The van der Waals surface area contributed by atoms with Crippen LogP contribution in [0.25, 0.3) is 0 Å². The third-order valence-electron chi connectivity index (χ3n) is 4.37. The maximum atomic E-state index is 6.51. The molecule has 118 valence electrons. The SMILES string of the molecule is CCCNCC1CCCCN(C)C1c1cc(Br)ccc1Cl. The van der Waals surface area contributed by atoms with Gasteiger partial charge in [-0.05, 0) is 75.6 Å². The second kappa shape index (κ2) is 8.52. The number of benzene rings is 1. The number of halogens is 2. The van der Waals surface area contributed by atoms with Gasteiger partial charge < -0.3 is 5.32 Å². The van der Waals surface area contributed by atoms with E-state index in [-0.39, 0.29) is 0 Å². The van der Waals surface area contributed by atoms with E-state index < -0.39 is 0 Å². The van der Waals surface area contributed by atoms with Crippen molar-refractivity contribution in [3.63, 3.8) is 0 Å². The minimum absolute atomic E-state index is 0.404. The second-order valence-electron chi connectivity index (χ2n) is 6.05. The summed E-state index contributed by atoms with van der Waals surface area (Å²) in [6, 6.07) is 6.63. The van der Waals surface area contributed by atoms with E-state index in [2.05, 4.69) is 46.2 Å². The quantitative estimate of drug-likeness (QED) is 0.740. The molecule has 0 saturated carbocycles. The Hall–Kier alpha value is -0.0900. The molecule has 1 fully saturated rings. The van der Waals surface area contributed by atoms with Gasteiger partial charge in [-0.15, -0.1) is 0 Å². The van der Waals surface area contributed by atoms with Crippen LogP contribution in [0.1, 0.15) is 44.2 Å². The summed E-state index contributed by atoms with van der Waals surface area (Å²) in [5.74, 6) is 0.621. The molecule has 0 amide bonds. The molecule has 2 rings (SSSR count). The molecule has 0 aromatic heterocycles. The zero-order valence-electron chi connectivity index (χ0n) is 13.0. The second-order valence-corrected chi connectivity index (χ2v) is 7.37. The van der Waals surface area contributed by atoms with Gasteiger partial charge in [0, 0.05) is 15.5 Å². The Labute approximate surface area is 142 Å². The molecule has 1 aliphatic heterocycles. The molecule has 0 spiro atoms. The summed E-state index contributed by atoms with van der Waals surface area (Å²) in [5, 5.41) is 4.49. The number of nitrogens with one attached hydrogen (secondary N) is 1. The number of rotatable bonds is 5. The lowest BCUT2D eigenvalue weighted by Gasteiger charge is -2.33. The van der Waals surface area contributed by atoms with Gasteiger partial charge in [-0.3, -0.25) is 4.90 Å². The molecule has 1 aliphatic rings. The van der Waals surface area contributed by atoms with E-state index >= 15 is 0 Å². The molecule has 1 saturated heterocycles. The molecule has 0 radical (unpaired) electrons. The lowest BCUT2D eigenvalue weighted by Crippen LogP contribution is -2.35. The van der Waals surface area contributed by atoms with Gasteiger partial charge in [0.1, 0.15) is 0 Å². The van der Waals surface area contributed by atoms with Crippen LogP contribution in [-0.2, 0) is 0 Å². The summed E-state index contributed by atoms with van der Waals surface area (Å²) in [5.41, 5.74) is 1.26. The smallest absolute Gasteiger partial charge is 0.0454 e. The first-order valence-corrected chi connectivity index (χ1v) is 9.16. The molecule has 1 aromatic carbocycles. The fraction of sp³-hybridized carbons (Fsp3) is 0.647. The highest BCUT2D eigenvalue weighted by Crippen LogP contribution is 2.38. The Kier molecular flexibility index (Phi) is 7.00. The molecule has 0 bridgehead atoms. The largest absolute Gasteiger partial charge is 0.316 e. The molecular formula is C17H26BrClN2. The molecule has 1 heterocycles. The van der Waals surface area contributed by atoms with Gasteiger partial charge in [0.05, 0.1) is 0 Å². The van der Waals surface area contributed by atoms with Crippen molar-refractivity contribution in [2.75, 3.05) is 26.7 Å². The van der Waals surface area contributed by atoms with Gasteiger partial charge in [-0.2, -0.15) is 0 Å². The van der Waals surface area contributed by atoms with E-state index in [1.807, 2.05) is 12.1 Å². The molecule has 2 atom stereocenters. The number of likely N-dealkylation sites (tertiary alicyclic amines) is 1. The lowest BCUT2D eigenvalue weighted by atomic mass is 9.89. The Bertz CT molecular complexity index is 452. The van der Waals surface area contributed by atoms with Gasteiger partial charge in [-0.1, -0.05) is 40.9 Å². The van der Waals surface area contributed by atoms with Gasteiger partial charge in [-0.25, -0.2) is 0 Å². The molecule has 2 unspecified atom stereocenters. The van der Waals surface area contributed by atoms with Crippen molar-refractivity contribution >= 4 is 27.5 Å². The monoisotopic (exact) mass is 372 g/mol. The fourth-order valence-corrected chi connectivity index (χ4v) is 3.94. The van der Waals surface area contributed by atoms with Crippen LogP contribution in [0, 0.1) is 5.92 Å². The standard InChI is InChI=1S/C17H26BrClN2/c1-3-9-20-12-13-6-4-5-10-21(2)17(13)15-11-14(18)7-8-16(15)19/h7-8,11,13,17,20H,3-6,9-10,12H2,1-2H3. The predicted octanol–water partition coefficient (Wildman–Crippen LogP) is 4.88. The lowest BCUT2D eigenvalue weighted by molar-refractivity contribution is 0.189. The number of hydrogen-bond donors (Lipinski definition) is 1. The van der Waals surface area contributed by atoms with Crippen molar-refractivity contribution < 1.29 is 0 Å². The van der Waals surface area contributed by atoms with Crippen molar-refractivity contribution in [3.05, 3.63) is 33.3 Å². The van der Waals surface area contributed by atoms with E-state index in [9.17, 15) is 0 Å². The minimum atomic E-state index is 0.404. The highest BCUT2D eigenvalue weighted by atomic mass is 79.9. The van der Waals surface area contributed by atoms with Crippen LogP contribution < -0.4 is 5.32 Å². The van der Waals surface area contributed by atoms with E-state index in [4.69, 9.17) is 11.6 Å². The highest BCUT2D eigenvalue weighted by Gasteiger charge is 2.30. The molecule has 4 heteroatoms. The van der Waals surface area contributed by atoms with E-state index in [0.29, 0.717) is 12.0 Å². The van der Waals surface area contributed by atoms with Crippen LogP contribution in [0.4, 0.5) is 0 Å². The molecule has 2 nitrogen and oxygen atoms in total. The zero-order chi connectivity index (χ0) is 15.2. The zero-order valence-corrected chi connectivity index (χ0v) is 15.4. The third kappa shape index (κ3) is 4.69. The van der Waals surface area contributed by atoms with Gasteiger partial charge in [0.15, 0.2) is 0 Å². The summed E-state index contributed by atoms with van der Waals surface area (Å²) < 4.78 is 1.11. The maximum Gasteiger partial charge on any atom is 0.0454 e. The van der Waals surface area contributed by atoms with Crippen LogP contribution in [0.3, 0.4) is 0 Å². The summed E-state index contributed by atoms with van der Waals surface area (Å²) in [6.07, 6.45) is 5.05. The molecule has 1 N–H and O–H groups in total.